The lowest BCUT2D eigenvalue weighted by molar-refractivity contribution is -0.115. The second-order valence-corrected chi connectivity index (χ2v) is 10.2. The van der Waals surface area contributed by atoms with E-state index in [4.69, 9.17) is 11.6 Å². The number of anilines is 1. The number of aliphatic imine (C=N–C) groups is 1. The van der Waals surface area contributed by atoms with Gasteiger partial charge in [-0.1, -0.05) is 36.7 Å². The van der Waals surface area contributed by atoms with E-state index in [0.717, 1.165) is 29.8 Å². The van der Waals surface area contributed by atoms with Crippen LogP contribution < -0.4 is 10.2 Å². The molecule has 0 spiro atoms. The Labute approximate surface area is 199 Å². The normalized spacial score (nSPS) is 19.9. The predicted octanol–water partition coefficient (Wildman–Crippen LogP) is 6.95. The Balaban J connectivity index is 1.64. The van der Waals surface area contributed by atoms with Crippen LogP contribution >= 0.6 is 23.4 Å². The molecule has 2 aliphatic rings. The van der Waals surface area contributed by atoms with Crippen LogP contribution in [0.25, 0.3) is 11.6 Å². The molecule has 1 amide bonds. The predicted molar refractivity (Wildman–Crippen MR) is 139 cm³/mol. The summed E-state index contributed by atoms with van der Waals surface area (Å²) in [6.45, 7) is 11.8. The molecule has 1 N–H and O–H groups in total. The van der Waals surface area contributed by atoms with Crippen molar-refractivity contribution >= 4 is 57.5 Å². The average molecular weight is 466 g/mol. The second kappa shape index (κ2) is 8.80. The fourth-order valence-electron chi connectivity index (χ4n) is 4.28. The van der Waals surface area contributed by atoms with Crippen molar-refractivity contribution < 1.29 is 4.79 Å². The van der Waals surface area contributed by atoms with Crippen LogP contribution in [0.5, 0.6) is 0 Å². The van der Waals surface area contributed by atoms with Crippen LogP contribution in [0.1, 0.15) is 50.8 Å². The average Bonchev–Trinajstić information content (AvgIpc) is 3.07. The summed E-state index contributed by atoms with van der Waals surface area (Å²) >= 11 is 7.55. The summed E-state index contributed by atoms with van der Waals surface area (Å²) in [5, 5.41) is 4.10. The van der Waals surface area contributed by atoms with E-state index in [1.54, 1.807) is 0 Å². The van der Waals surface area contributed by atoms with E-state index in [0.29, 0.717) is 15.1 Å². The van der Waals surface area contributed by atoms with Gasteiger partial charge in [0.05, 0.1) is 16.1 Å². The van der Waals surface area contributed by atoms with Gasteiger partial charge in [-0.25, -0.2) is 4.99 Å². The molecule has 0 aromatic heterocycles. The maximum atomic E-state index is 12.6. The Hall–Kier alpha value is -2.50. The highest BCUT2D eigenvalue weighted by molar-refractivity contribution is 8.18. The largest absolute Gasteiger partial charge is 0.362 e. The van der Waals surface area contributed by atoms with Crippen molar-refractivity contribution in [1.29, 1.82) is 0 Å². The van der Waals surface area contributed by atoms with Crippen LogP contribution in [0.4, 0.5) is 11.4 Å². The third kappa shape index (κ3) is 4.37. The molecule has 0 unspecified atom stereocenters. The summed E-state index contributed by atoms with van der Waals surface area (Å²) in [7, 11) is 0. The fraction of sp³-hybridized carbons (Fsp3) is 0.308. The summed E-state index contributed by atoms with van der Waals surface area (Å²) in [6, 6.07) is 12.0. The molecule has 6 heteroatoms. The van der Waals surface area contributed by atoms with Crippen LogP contribution in [0, 0.1) is 6.92 Å². The number of amidine groups is 1. The zero-order valence-corrected chi connectivity index (χ0v) is 20.7. The number of carbonyl (C=O) groups excluding carboxylic acids is 1. The number of halogens is 1. The van der Waals surface area contributed by atoms with Gasteiger partial charge in [-0.2, -0.15) is 0 Å². The second-order valence-electron chi connectivity index (χ2n) is 8.77. The van der Waals surface area contributed by atoms with Gasteiger partial charge < -0.3 is 10.2 Å². The molecule has 1 fully saturated rings. The summed E-state index contributed by atoms with van der Waals surface area (Å²) in [5.74, 6) is -0.132. The number of hydrogen-bond acceptors (Lipinski definition) is 4. The number of benzene rings is 2. The van der Waals surface area contributed by atoms with Crippen LogP contribution in [-0.2, 0) is 4.79 Å². The van der Waals surface area contributed by atoms with Gasteiger partial charge in [0, 0.05) is 22.8 Å². The number of fused-ring (bicyclic) bond motifs is 1. The fourth-order valence-corrected chi connectivity index (χ4v) is 5.29. The molecule has 0 radical (unpaired) electrons. The Kier molecular flexibility index (Phi) is 6.24. The van der Waals surface area contributed by atoms with E-state index in [-0.39, 0.29) is 11.4 Å². The molecular formula is C26H28ClN3OS. The van der Waals surface area contributed by atoms with Crippen LogP contribution in [0.3, 0.4) is 0 Å². The first-order valence-corrected chi connectivity index (χ1v) is 12.1. The number of hydrogen-bond donors (Lipinski definition) is 1. The number of amides is 1. The number of nitrogens with one attached hydrogen (secondary N) is 1. The van der Waals surface area contributed by atoms with Crippen molar-refractivity contribution in [1.82, 2.24) is 5.32 Å². The minimum Gasteiger partial charge on any atom is -0.362 e. The van der Waals surface area contributed by atoms with Crippen molar-refractivity contribution in [3.05, 3.63) is 69.1 Å². The monoisotopic (exact) mass is 465 g/mol. The first-order valence-electron chi connectivity index (χ1n) is 10.9. The first kappa shape index (κ1) is 22.7. The maximum Gasteiger partial charge on any atom is 0.264 e. The van der Waals surface area contributed by atoms with Crippen molar-refractivity contribution in [3.8, 4) is 0 Å². The van der Waals surface area contributed by atoms with Gasteiger partial charge in [0.25, 0.3) is 5.91 Å². The minimum absolute atomic E-state index is 0.0158. The smallest absolute Gasteiger partial charge is 0.264 e. The van der Waals surface area contributed by atoms with Crippen LogP contribution in [-0.4, -0.2) is 23.2 Å². The lowest BCUT2D eigenvalue weighted by Crippen LogP contribution is -2.45. The first-order chi connectivity index (χ1) is 15.2. The quantitative estimate of drug-likeness (QED) is 0.496. The zero-order chi connectivity index (χ0) is 23.0. The lowest BCUT2D eigenvalue weighted by Gasteiger charge is -2.43. The molecule has 0 bridgehead atoms. The van der Waals surface area contributed by atoms with Gasteiger partial charge in [0.2, 0.25) is 0 Å². The highest BCUT2D eigenvalue weighted by Crippen LogP contribution is 2.40. The van der Waals surface area contributed by atoms with Crippen molar-refractivity contribution in [2.75, 3.05) is 11.4 Å². The lowest BCUT2D eigenvalue weighted by atomic mass is 9.88. The molecule has 2 heterocycles. The maximum absolute atomic E-state index is 12.6. The van der Waals surface area contributed by atoms with E-state index >= 15 is 0 Å². The van der Waals surface area contributed by atoms with Gasteiger partial charge >= 0.3 is 0 Å². The summed E-state index contributed by atoms with van der Waals surface area (Å²) in [6.07, 6.45) is 5.36. The number of allylic oxidation sites excluding steroid dienone is 1. The molecule has 4 rings (SSSR count). The molecule has 2 aromatic rings. The number of nitrogens with zero attached hydrogens (tertiary/aromatic N) is 2. The van der Waals surface area contributed by atoms with Gasteiger partial charge in [-0.05, 0) is 92.9 Å². The van der Waals surface area contributed by atoms with Crippen molar-refractivity contribution in [2.24, 2.45) is 4.99 Å². The van der Waals surface area contributed by atoms with Gasteiger partial charge in [0.1, 0.15) is 0 Å². The topological polar surface area (TPSA) is 44.7 Å². The molecular weight excluding hydrogens is 438 g/mol. The summed E-state index contributed by atoms with van der Waals surface area (Å²) in [4.78, 5) is 20.3. The highest BCUT2D eigenvalue weighted by atomic mass is 35.5. The molecule has 2 aromatic carbocycles. The van der Waals surface area contributed by atoms with Gasteiger partial charge in [-0.15, -0.1) is 0 Å². The molecule has 0 aliphatic carbocycles. The summed E-state index contributed by atoms with van der Waals surface area (Å²) < 4.78 is 0. The number of carbonyl (C=O) groups is 1. The third-order valence-corrected chi connectivity index (χ3v) is 7.18. The Morgan fingerprint density at radius 2 is 2.00 bits per heavy atom. The van der Waals surface area contributed by atoms with E-state index in [2.05, 4.69) is 67.2 Å². The third-order valence-electron chi connectivity index (χ3n) is 5.86. The Bertz CT molecular complexity index is 1180. The molecule has 2 aliphatic heterocycles. The van der Waals surface area contributed by atoms with Gasteiger partial charge in [0.15, 0.2) is 5.17 Å². The highest BCUT2D eigenvalue weighted by Gasteiger charge is 2.31. The van der Waals surface area contributed by atoms with Crippen molar-refractivity contribution in [2.45, 2.75) is 46.6 Å². The van der Waals surface area contributed by atoms with E-state index in [1.165, 1.54) is 28.6 Å². The minimum atomic E-state index is -0.132. The van der Waals surface area contributed by atoms with E-state index in [9.17, 15) is 4.79 Å². The molecule has 0 atom stereocenters. The Morgan fingerprint density at radius 1 is 1.22 bits per heavy atom. The molecule has 32 heavy (non-hydrogen) atoms. The molecule has 166 valence electrons. The number of rotatable bonds is 4. The summed E-state index contributed by atoms with van der Waals surface area (Å²) in [5.41, 5.74) is 6.38. The number of thioether (sulfide) groups is 1. The van der Waals surface area contributed by atoms with Crippen molar-refractivity contribution in [3.63, 3.8) is 0 Å². The molecule has 1 saturated heterocycles. The van der Waals surface area contributed by atoms with Crippen LogP contribution in [0.15, 0.2) is 52.4 Å². The van der Waals surface area contributed by atoms with Gasteiger partial charge in [-0.3, -0.25) is 4.79 Å². The standard InChI is InChI=1S/C26H28ClN3OS/c1-6-12-30-22-11-10-18(13-19(22)16(2)15-26(30,4)5)14-23-24(31)29-25(32-23)28-21-9-7-8-20(27)17(21)3/h7-11,13-15H,6,12H2,1-5H3,(H,28,29,31)/b23-14+. The SMILES string of the molecule is CCCN1c2ccc(/C=C3/SC(=Nc4cccc(Cl)c4C)NC3=O)cc2C(C)=CC1(C)C. The van der Waals surface area contributed by atoms with E-state index in [1.807, 2.05) is 31.2 Å². The molecule has 0 saturated carbocycles. The van der Waals surface area contributed by atoms with Crippen LogP contribution in [0.2, 0.25) is 5.02 Å². The Morgan fingerprint density at radius 3 is 2.75 bits per heavy atom. The molecule has 4 nitrogen and oxygen atoms in total. The zero-order valence-electron chi connectivity index (χ0n) is 19.1. The van der Waals surface area contributed by atoms with E-state index < -0.39 is 0 Å².